The fraction of sp³-hybridized carbons (Fsp3) is 0.389. The summed E-state index contributed by atoms with van der Waals surface area (Å²) in [5.41, 5.74) is 1.31. The van der Waals surface area contributed by atoms with E-state index in [-0.39, 0.29) is 11.5 Å². The molecule has 1 aliphatic rings. The summed E-state index contributed by atoms with van der Waals surface area (Å²) in [6.45, 7) is 3.07. The number of rotatable bonds is 5. The van der Waals surface area contributed by atoms with Crippen molar-refractivity contribution < 1.29 is 9.53 Å². The number of aromatic nitrogens is 2. The first-order valence-electron chi connectivity index (χ1n) is 8.07. The van der Waals surface area contributed by atoms with Crippen LogP contribution < -0.4 is 10.3 Å². The van der Waals surface area contributed by atoms with Crippen LogP contribution in [0.5, 0.6) is 5.75 Å². The van der Waals surface area contributed by atoms with Crippen LogP contribution >= 0.6 is 0 Å². The van der Waals surface area contributed by atoms with Crippen LogP contribution in [0.2, 0.25) is 0 Å². The Hall–Kier alpha value is -2.63. The van der Waals surface area contributed by atoms with E-state index in [1.807, 2.05) is 30.3 Å². The molecule has 0 bridgehead atoms. The molecule has 6 nitrogen and oxygen atoms in total. The SMILES string of the molecule is Cc1nc2c(c(=O)n1C)CN(C(=O)CCCOc1ccccc1)C2. The Balaban J connectivity index is 1.52. The number of aryl methyl sites for hydroxylation is 1. The number of carbonyl (C=O) groups excluding carboxylic acids is 1. The zero-order chi connectivity index (χ0) is 17.1. The van der Waals surface area contributed by atoms with E-state index in [1.165, 1.54) is 4.57 Å². The number of fused-ring (bicyclic) bond motifs is 1. The van der Waals surface area contributed by atoms with Gasteiger partial charge in [-0.15, -0.1) is 0 Å². The van der Waals surface area contributed by atoms with Gasteiger partial charge in [-0.1, -0.05) is 18.2 Å². The molecule has 24 heavy (non-hydrogen) atoms. The summed E-state index contributed by atoms with van der Waals surface area (Å²) in [6, 6.07) is 9.54. The molecule has 0 saturated carbocycles. The first-order chi connectivity index (χ1) is 11.6. The number of hydrogen-bond acceptors (Lipinski definition) is 4. The van der Waals surface area contributed by atoms with Crippen molar-refractivity contribution >= 4 is 5.91 Å². The molecule has 1 aromatic heterocycles. The summed E-state index contributed by atoms with van der Waals surface area (Å²) >= 11 is 0. The van der Waals surface area contributed by atoms with Gasteiger partial charge in [0.1, 0.15) is 11.6 Å². The number of benzene rings is 1. The van der Waals surface area contributed by atoms with E-state index in [0.29, 0.717) is 43.9 Å². The van der Waals surface area contributed by atoms with Crippen molar-refractivity contribution in [2.45, 2.75) is 32.9 Å². The van der Waals surface area contributed by atoms with Crippen molar-refractivity contribution in [3.05, 3.63) is 57.8 Å². The molecule has 0 aliphatic carbocycles. The molecule has 2 heterocycles. The maximum absolute atomic E-state index is 12.3. The van der Waals surface area contributed by atoms with Gasteiger partial charge in [0.2, 0.25) is 5.91 Å². The standard InChI is InChI=1S/C18H21N3O3/c1-13-19-16-12-21(11-15(16)18(23)20(13)2)17(22)9-6-10-24-14-7-4-3-5-8-14/h3-5,7-8H,6,9-12H2,1-2H3. The second kappa shape index (κ2) is 6.86. The van der Waals surface area contributed by atoms with Crippen LogP contribution in [0, 0.1) is 6.92 Å². The highest BCUT2D eigenvalue weighted by molar-refractivity contribution is 5.76. The van der Waals surface area contributed by atoms with Crippen LogP contribution in [0.4, 0.5) is 0 Å². The average Bonchev–Trinajstić information content (AvgIpc) is 3.01. The lowest BCUT2D eigenvalue weighted by Crippen LogP contribution is -2.27. The molecule has 0 unspecified atom stereocenters. The summed E-state index contributed by atoms with van der Waals surface area (Å²) < 4.78 is 7.12. The highest BCUT2D eigenvalue weighted by Gasteiger charge is 2.27. The molecule has 1 amide bonds. The van der Waals surface area contributed by atoms with Crippen molar-refractivity contribution in [1.82, 2.24) is 14.5 Å². The summed E-state index contributed by atoms with van der Waals surface area (Å²) in [4.78, 5) is 30.7. The van der Waals surface area contributed by atoms with Crippen molar-refractivity contribution in [2.75, 3.05) is 6.61 Å². The fourth-order valence-corrected chi connectivity index (χ4v) is 2.79. The Morgan fingerprint density at radius 3 is 2.75 bits per heavy atom. The monoisotopic (exact) mass is 327 g/mol. The molecule has 0 spiro atoms. The van der Waals surface area contributed by atoms with Crippen molar-refractivity contribution in [3.63, 3.8) is 0 Å². The van der Waals surface area contributed by atoms with Gasteiger partial charge < -0.3 is 9.64 Å². The molecule has 0 atom stereocenters. The maximum Gasteiger partial charge on any atom is 0.258 e. The Bertz CT molecular complexity index is 799. The number of amides is 1. The van der Waals surface area contributed by atoms with Crippen LogP contribution in [0.25, 0.3) is 0 Å². The molecule has 126 valence electrons. The van der Waals surface area contributed by atoms with E-state index in [0.717, 1.165) is 11.4 Å². The summed E-state index contributed by atoms with van der Waals surface area (Å²) in [5.74, 6) is 1.51. The molecule has 1 aliphatic heterocycles. The molecule has 0 radical (unpaired) electrons. The van der Waals surface area contributed by atoms with Crippen molar-refractivity contribution in [3.8, 4) is 5.75 Å². The molecule has 1 aromatic carbocycles. The lowest BCUT2D eigenvalue weighted by molar-refractivity contribution is -0.132. The highest BCUT2D eigenvalue weighted by Crippen LogP contribution is 2.19. The number of carbonyl (C=O) groups is 1. The number of hydrogen-bond donors (Lipinski definition) is 0. The van der Waals surface area contributed by atoms with Crippen molar-refractivity contribution in [1.29, 1.82) is 0 Å². The number of ether oxygens (including phenoxy) is 1. The third-order valence-electron chi connectivity index (χ3n) is 4.28. The number of nitrogens with zero attached hydrogens (tertiary/aromatic N) is 3. The molecule has 3 rings (SSSR count). The highest BCUT2D eigenvalue weighted by atomic mass is 16.5. The Morgan fingerprint density at radius 1 is 1.25 bits per heavy atom. The molecule has 0 fully saturated rings. The largest absolute Gasteiger partial charge is 0.494 e. The first kappa shape index (κ1) is 16.2. The van der Waals surface area contributed by atoms with Crippen LogP contribution in [0.3, 0.4) is 0 Å². The van der Waals surface area contributed by atoms with Gasteiger partial charge in [0.15, 0.2) is 0 Å². The quantitative estimate of drug-likeness (QED) is 0.786. The van der Waals surface area contributed by atoms with E-state index in [4.69, 9.17) is 4.74 Å². The Kier molecular flexibility index (Phi) is 4.64. The minimum absolute atomic E-state index is 0.0318. The normalized spacial score (nSPS) is 13.0. The van der Waals surface area contributed by atoms with Crippen molar-refractivity contribution in [2.24, 2.45) is 7.05 Å². The van der Waals surface area contributed by atoms with E-state index >= 15 is 0 Å². The second-order valence-electron chi connectivity index (χ2n) is 5.96. The van der Waals surface area contributed by atoms with Gasteiger partial charge in [0.05, 0.1) is 31.0 Å². The van der Waals surface area contributed by atoms with Gasteiger partial charge >= 0.3 is 0 Å². The molecule has 2 aromatic rings. The third kappa shape index (κ3) is 3.32. The van der Waals surface area contributed by atoms with Crippen LogP contribution in [0.1, 0.15) is 29.9 Å². The lowest BCUT2D eigenvalue weighted by Gasteiger charge is -2.14. The molecule has 6 heteroatoms. The Labute approximate surface area is 140 Å². The van der Waals surface area contributed by atoms with E-state index in [9.17, 15) is 9.59 Å². The predicted molar refractivity (Wildman–Crippen MR) is 89.6 cm³/mol. The fourth-order valence-electron chi connectivity index (χ4n) is 2.79. The number of para-hydroxylation sites is 1. The zero-order valence-corrected chi connectivity index (χ0v) is 14.0. The minimum atomic E-state index is -0.0554. The maximum atomic E-state index is 12.3. The summed E-state index contributed by atoms with van der Waals surface area (Å²) in [6.07, 6.45) is 1.05. The molecule has 0 saturated heterocycles. The Morgan fingerprint density at radius 2 is 2.00 bits per heavy atom. The molecular formula is C18H21N3O3. The topological polar surface area (TPSA) is 64.4 Å². The molecular weight excluding hydrogens is 306 g/mol. The van der Waals surface area contributed by atoms with E-state index in [2.05, 4.69) is 4.98 Å². The van der Waals surface area contributed by atoms with E-state index in [1.54, 1.807) is 18.9 Å². The van der Waals surface area contributed by atoms with Crippen LogP contribution in [-0.2, 0) is 24.9 Å². The first-order valence-corrected chi connectivity index (χ1v) is 8.07. The second-order valence-corrected chi connectivity index (χ2v) is 5.96. The summed E-state index contributed by atoms with van der Waals surface area (Å²) in [5, 5.41) is 0. The van der Waals surface area contributed by atoms with Crippen LogP contribution in [0.15, 0.2) is 35.1 Å². The van der Waals surface area contributed by atoms with Gasteiger partial charge in [-0.05, 0) is 25.5 Å². The summed E-state index contributed by atoms with van der Waals surface area (Å²) in [7, 11) is 1.70. The minimum Gasteiger partial charge on any atom is -0.494 e. The smallest absolute Gasteiger partial charge is 0.258 e. The lowest BCUT2D eigenvalue weighted by atomic mass is 10.2. The predicted octanol–water partition coefficient (Wildman–Crippen LogP) is 1.79. The van der Waals surface area contributed by atoms with Crippen LogP contribution in [-0.4, -0.2) is 27.0 Å². The third-order valence-corrected chi connectivity index (χ3v) is 4.28. The van der Waals surface area contributed by atoms with E-state index < -0.39 is 0 Å². The van der Waals surface area contributed by atoms with Gasteiger partial charge in [-0.3, -0.25) is 14.2 Å². The molecule has 0 N–H and O–H groups in total. The van der Waals surface area contributed by atoms with Gasteiger partial charge in [0, 0.05) is 13.5 Å². The zero-order valence-electron chi connectivity index (χ0n) is 14.0. The van der Waals surface area contributed by atoms with Gasteiger partial charge in [-0.25, -0.2) is 4.98 Å². The average molecular weight is 327 g/mol. The van der Waals surface area contributed by atoms with Gasteiger partial charge in [0.25, 0.3) is 5.56 Å². The van der Waals surface area contributed by atoms with Gasteiger partial charge in [-0.2, -0.15) is 0 Å².